The number of carbonyl (C=O) groups excluding carboxylic acids is 1. The number of hydrogen-bond acceptors (Lipinski definition) is 3. The van der Waals surface area contributed by atoms with Crippen molar-refractivity contribution in [2.75, 3.05) is 7.11 Å². The number of halogens is 1. The molecule has 0 radical (unpaired) electrons. The van der Waals surface area contributed by atoms with Crippen molar-refractivity contribution in [3.8, 4) is 0 Å². The average Bonchev–Trinajstić information content (AvgIpc) is 1.95. The molecular weight excluding hydrogens is 245 g/mol. The molecule has 1 rings (SSSR count). The van der Waals surface area contributed by atoms with E-state index >= 15 is 0 Å². The second-order valence-electron chi connectivity index (χ2n) is 1.80. The first kappa shape index (κ1) is 7.87. The van der Waals surface area contributed by atoms with Gasteiger partial charge in [0, 0.05) is 19.5 Å². The van der Waals surface area contributed by atoms with Crippen molar-refractivity contribution in [1.29, 1.82) is 0 Å². The van der Waals surface area contributed by atoms with Crippen LogP contribution in [0.15, 0.2) is 14.8 Å². The Morgan fingerprint density at radius 1 is 1.80 bits per heavy atom. The Balaban J connectivity index is 2.78. The molecule has 1 unspecified atom stereocenters. The van der Waals surface area contributed by atoms with Gasteiger partial charge in [-0.05, 0) is 22.6 Å². The Labute approximate surface area is 72.3 Å². The van der Waals surface area contributed by atoms with Gasteiger partial charge in [-0.15, -0.1) is 0 Å². The standard InChI is InChI=1S/C6H6INO2/c1-10-5-3-8-2-4(7)6(5)9/h2-3,5H,1H3. The Morgan fingerprint density at radius 2 is 2.50 bits per heavy atom. The minimum absolute atomic E-state index is 0.0156. The van der Waals surface area contributed by atoms with E-state index in [0.717, 1.165) is 0 Å². The number of carbonyl (C=O) groups is 1. The van der Waals surface area contributed by atoms with E-state index in [1.807, 2.05) is 22.6 Å². The average molecular weight is 251 g/mol. The van der Waals surface area contributed by atoms with Crippen molar-refractivity contribution in [3.63, 3.8) is 0 Å². The lowest BCUT2D eigenvalue weighted by Crippen LogP contribution is -2.26. The van der Waals surface area contributed by atoms with Gasteiger partial charge in [-0.2, -0.15) is 0 Å². The molecule has 1 atom stereocenters. The lowest BCUT2D eigenvalue weighted by molar-refractivity contribution is -0.120. The van der Waals surface area contributed by atoms with E-state index in [0.29, 0.717) is 3.58 Å². The topological polar surface area (TPSA) is 38.7 Å². The van der Waals surface area contributed by atoms with E-state index in [2.05, 4.69) is 4.99 Å². The number of hydrogen-bond donors (Lipinski definition) is 0. The van der Waals surface area contributed by atoms with E-state index < -0.39 is 6.10 Å². The van der Waals surface area contributed by atoms with Gasteiger partial charge in [-0.25, -0.2) is 0 Å². The predicted molar refractivity (Wildman–Crippen MR) is 46.4 cm³/mol. The summed E-state index contributed by atoms with van der Waals surface area (Å²) in [5, 5.41) is 0. The van der Waals surface area contributed by atoms with Gasteiger partial charge in [0.1, 0.15) is 0 Å². The Bertz CT molecular complexity index is 210. The van der Waals surface area contributed by atoms with Crippen LogP contribution in [-0.4, -0.2) is 25.2 Å². The summed E-state index contributed by atoms with van der Waals surface area (Å²) < 4.78 is 5.45. The molecule has 3 nitrogen and oxygen atoms in total. The Morgan fingerprint density at radius 3 is 3.00 bits per heavy atom. The van der Waals surface area contributed by atoms with Crippen LogP contribution in [0.5, 0.6) is 0 Å². The fourth-order valence-electron chi connectivity index (χ4n) is 0.622. The zero-order valence-corrected chi connectivity index (χ0v) is 7.53. The van der Waals surface area contributed by atoms with Crippen LogP contribution in [0.25, 0.3) is 0 Å². The van der Waals surface area contributed by atoms with Gasteiger partial charge >= 0.3 is 0 Å². The normalized spacial score (nSPS) is 24.8. The molecule has 0 N–H and O–H groups in total. The molecule has 1 heterocycles. The smallest absolute Gasteiger partial charge is 0.204 e. The highest BCUT2D eigenvalue weighted by atomic mass is 127. The molecule has 4 heteroatoms. The van der Waals surface area contributed by atoms with Crippen molar-refractivity contribution in [1.82, 2.24) is 0 Å². The summed E-state index contributed by atoms with van der Waals surface area (Å²) in [6.45, 7) is 0. The first-order chi connectivity index (χ1) is 4.75. The molecule has 54 valence electrons. The number of nitrogens with zero attached hydrogens (tertiary/aromatic N) is 1. The molecule has 0 aliphatic carbocycles. The Kier molecular flexibility index (Phi) is 2.56. The molecule has 0 bridgehead atoms. The van der Waals surface area contributed by atoms with Crippen molar-refractivity contribution >= 4 is 34.6 Å². The summed E-state index contributed by atoms with van der Waals surface area (Å²) in [7, 11) is 1.49. The van der Waals surface area contributed by atoms with Gasteiger partial charge in [0.25, 0.3) is 0 Å². The second kappa shape index (κ2) is 3.25. The van der Waals surface area contributed by atoms with Crippen molar-refractivity contribution < 1.29 is 9.53 Å². The van der Waals surface area contributed by atoms with Gasteiger partial charge in [-0.3, -0.25) is 9.79 Å². The molecule has 10 heavy (non-hydrogen) atoms. The van der Waals surface area contributed by atoms with E-state index in [1.54, 1.807) is 0 Å². The van der Waals surface area contributed by atoms with E-state index in [9.17, 15) is 4.79 Å². The quantitative estimate of drug-likeness (QED) is 0.650. The molecule has 0 aromatic heterocycles. The molecule has 0 aromatic carbocycles. The Hall–Kier alpha value is -0.230. The van der Waals surface area contributed by atoms with Crippen LogP contribution in [-0.2, 0) is 9.53 Å². The summed E-state index contributed by atoms with van der Waals surface area (Å²) in [6, 6.07) is 0. The molecule has 0 saturated carbocycles. The van der Waals surface area contributed by atoms with E-state index in [4.69, 9.17) is 4.74 Å². The van der Waals surface area contributed by atoms with Crippen molar-refractivity contribution in [3.05, 3.63) is 9.78 Å². The molecule has 0 saturated heterocycles. The van der Waals surface area contributed by atoms with Crippen LogP contribution in [0.2, 0.25) is 0 Å². The maximum absolute atomic E-state index is 11.1. The third-order valence-electron chi connectivity index (χ3n) is 1.16. The van der Waals surface area contributed by atoms with Gasteiger partial charge < -0.3 is 4.74 Å². The van der Waals surface area contributed by atoms with Gasteiger partial charge in [0.15, 0.2) is 6.10 Å². The summed E-state index contributed by atoms with van der Waals surface area (Å²) in [6.07, 6.45) is 2.54. The van der Waals surface area contributed by atoms with Gasteiger partial charge in [-0.1, -0.05) is 0 Å². The fourth-order valence-corrected chi connectivity index (χ4v) is 1.09. The maximum atomic E-state index is 11.1. The number of methoxy groups -OCH3 is 1. The van der Waals surface area contributed by atoms with E-state index in [-0.39, 0.29) is 5.78 Å². The minimum atomic E-state index is -0.475. The highest BCUT2D eigenvalue weighted by Crippen LogP contribution is 2.13. The lowest BCUT2D eigenvalue weighted by Gasteiger charge is -2.10. The summed E-state index contributed by atoms with van der Waals surface area (Å²) in [4.78, 5) is 14.9. The molecule has 0 amide bonds. The molecule has 0 fully saturated rings. The summed E-state index contributed by atoms with van der Waals surface area (Å²) >= 11 is 1.94. The zero-order valence-electron chi connectivity index (χ0n) is 5.37. The molecule has 1 aliphatic rings. The van der Waals surface area contributed by atoms with Crippen LogP contribution in [0.4, 0.5) is 0 Å². The highest BCUT2D eigenvalue weighted by Gasteiger charge is 2.20. The second-order valence-corrected chi connectivity index (χ2v) is 2.96. The number of ether oxygens (including phenoxy) is 1. The number of Topliss-reactive ketones (excluding diaryl/α,β-unsaturated/α-hetero) is 1. The fraction of sp³-hybridized carbons (Fsp3) is 0.333. The number of aliphatic imine (C=N–C) groups is 1. The van der Waals surface area contributed by atoms with Crippen LogP contribution in [0, 0.1) is 0 Å². The number of rotatable bonds is 1. The van der Waals surface area contributed by atoms with Crippen LogP contribution in [0.3, 0.4) is 0 Å². The number of ketones is 1. The van der Waals surface area contributed by atoms with Gasteiger partial charge in [0.05, 0.1) is 3.58 Å². The first-order valence-electron chi connectivity index (χ1n) is 2.71. The first-order valence-corrected chi connectivity index (χ1v) is 3.79. The molecule has 0 spiro atoms. The largest absolute Gasteiger partial charge is 0.368 e. The van der Waals surface area contributed by atoms with E-state index in [1.165, 1.54) is 19.5 Å². The third kappa shape index (κ3) is 1.43. The van der Waals surface area contributed by atoms with Gasteiger partial charge in [0.2, 0.25) is 5.78 Å². The summed E-state index contributed by atoms with van der Waals surface area (Å²) in [5.41, 5.74) is 0. The third-order valence-corrected chi connectivity index (χ3v) is 1.97. The van der Waals surface area contributed by atoms with Crippen LogP contribution >= 0.6 is 22.6 Å². The van der Waals surface area contributed by atoms with Crippen molar-refractivity contribution in [2.45, 2.75) is 6.10 Å². The maximum Gasteiger partial charge on any atom is 0.204 e. The SMILES string of the molecule is COC1C=NC=C(I)C1=O. The minimum Gasteiger partial charge on any atom is -0.368 e. The van der Waals surface area contributed by atoms with Crippen LogP contribution < -0.4 is 0 Å². The van der Waals surface area contributed by atoms with Crippen LogP contribution in [0.1, 0.15) is 0 Å². The monoisotopic (exact) mass is 251 g/mol. The highest BCUT2D eigenvalue weighted by molar-refractivity contribution is 14.1. The van der Waals surface area contributed by atoms with Crippen molar-refractivity contribution in [2.24, 2.45) is 4.99 Å². The molecule has 0 aromatic rings. The summed E-state index contributed by atoms with van der Waals surface area (Å²) in [5.74, 6) is -0.0156. The lowest BCUT2D eigenvalue weighted by atomic mass is 10.2. The molecule has 1 aliphatic heterocycles. The molecular formula is C6H6INO2. The zero-order chi connectivity index (χ0) is 7.56. The predicted octanol–water partition coefficient (Wildman–Crippen LogP) is 0.931.